The summed E-state index contributed by atoms with van der Waals surface area (Å²) in [6, 6.07) is 13.7. The van der Waals surface area contributed by atoms with Gasteiger partial charge in [0.1, 0.15) is 0 Å². The fourth-order valence-electron chi connectivity index (χ4n) is 2.91. The van der Waals surface area contributed by atoms with Gasteiger partial charge < -0.3 is 9.80 Å². The minimum Gasteiger partial charge on any atom is -0.345 e. The summed E-state index contributed by atoms with van der Waals surface area (Å²) in [5, 5.41) is 0. The molecule has 2 aromatic rings. The van der Waals surface area contributed by atoms with Gasteiger partial charge in [0.2, 0.25) is 11.8 Å². The third-order valence-electron chi connectivity index (χ3n) is 4.63. The Balaban J connectivity index is 1.87. The molecule has 0 aliphatic carbocycles. The van der Waals surface area contributed by atoms with Gasteiger partial charge >= 0.3 is 0 Å². The van der Waals surface area contributed by atoms with Crippen molar-refractivity contribution in [2.75, 3.05) is 20.1 Å². The van der Waals surface area contributed by atoms with Crippen LogP contribution in [-0.4, -0.2) is 46.7 Å². The van der Waals surface area contributed by atoms with Crippen molar-refractivity contribution < 1.29 is 9.59 Å². The standard InChI is InChI=1S/C21H27N3O2/c1-17(20-7-5-4-6-8-20)24(18(2)25)16-12-21(26)23(3)15-11-19-9-13-22-14-10-19/h4-10,13-14,17H,11-12,15-16H2,1-3H3. The molecule has 1 aromatic carbocycles. The van der Waals surface area contributed by atoms with Crippen LogP contribution < -0.4 is 0 Å². The topological polar surface area (TPSA) is 53.5 Å². The third kappa shape index (κ3) is 5.69. The zero-order valence-electron chi connectivity index (χ0n) is 15.8. The molecule has 0 spiro atoms. The highest BCUT2D eigenvalue weighted by Gasteiger charge is 2.20. The Labute approximate surface area is 155 Å². The van der Waals surface area contributed by atoms with E-state index in [1.165, 1.54) is 0 Å². The first-order valence-corrected chi connectivity index (χ1v) is 8.94. The van der Waals surface area contributed by atoms with Gasteiger partial charge in [0.15, 0.2) is 0 Å². The summed E-state index contributed by atoms with van der Waals surface area (Å²) in [6.45, 7) is 4.62. The van der Waals surface area contributed by atoms with E-state index >= 15 is 0 Å². The number of likely N-dealkylation sites (N-methyl/N-ethyl adjacent to an activating group) is 1. The largest absolute Gasteiger partial charge is 0.345 e. The highest BCUT2D eigenvalue weighted by molar-refractivity contribution is 5.78. The van der Waals surface area contributed by atoms with Gasteiger partial charge in [-0.2, -0.15) is 0 Å². The number of nitrogens with zero attached hydrogens (tertiary/aromatic N) is 3. The second-order valence-electron chi connectivity index (χ2n) is 6.47. The molecular weight excluding hydrogens is 326 g/mol. The summed E-state index contributed by atoms with van der Waals surface area (Å²) in [5.74, 6) is 0.0270. The molecule has 2 amide bonds. The van der Waals surface area contributed by atoms with Crippen molar-refractivity contribution in [2.45, 2.75) is 32.7 Å². The SMILES string of the molecule is CC(=O)N(CCC(=O)N(C)CCc1ccncc1)C(C)c1ccccc1. The van der Waals surface area contributed by atoms with E-state index in [1.54, 1.807) is 29.1 Å². The average Bonchev–Trinajstić information content (AvgIpc) is 2.67. The molecule has 1 atom stereocenters. The zero-order chi connectivity index (χ0) is 18.9. The number of hydrogen-bond donors (Lipinski definition) is 0. The molecule has 1 heterocycles. The molecule has 26 heavy (non-hydrogen) atoms. The van der Waals surface area contributed by atoms with E-state index in [0.29, 0.717) is 19.5 Å². The third-order valence-corrected chi connectivity index (χ3v) is 4.63. The van der Waals surface area contributed by atoms with Gasteiger partial charge in [-0.15, -0.1) is 0 Å². The van der Waals surface area contributed by atoms with E-state index in [2.05, 4.69) is 4.98 Å². The van der Waals surface area contributed by atoms with Gasteiger partial charge in [0, 0.05) is 45.9 Å². The Morgan fingerprint density at radius 2 is 1.69 bits per heavy atom. The van der Waals surface area contributed by atoms with Crippen LogP contribution in [0.3, 0.4) is 0 Å². The maximum atomic E-state index is 12.4. The van der Waals surface area contributed by atoms with E-state index in [1.807, 2.05) is 56.4 Å². The van der Waals surface area contributed by atoms with E-state index in [9.17, 15) is 9.59 Å². The number of aromatic nitrogens is 1. The second kappa shape index (κ2) is 9.70. The van der Waals surface area contributed by atoms with Crippen LogP contribution in [0.1, 0.15) is 37.4 Å². The van der Waals surface area contributed by atoms with Gasteiger partial charge in [-0.1, -0.05) is 30.3 Å². The number of amides is 2. The predicted molar refractivity (Wildman–Crippen MR) is 102 cm³/mol. The lowest BCUT2D eigenvalue weighted by molar-refractivity contribution is -0.134. The molecule has 1 aromatic heterocycles. The van der Waals surface area contributed by atoms with Crippen LogP contribution in [0.2, 0.25) is 0 Å². The Bertz CT molecular complexity index is 704. The normalized spacial score (nSPS) is 11.7. The Morgan fingerprint density at radius 3 is 2.31 bits per heavy atom. The lowest BCUT2D eigenvalue weighted by Crippen LogP contribution is -2.36. The predicted octanol–water partition coefficient (Wildman–Crippen LogP) is 3.08. The number of hydrogen-bond acceptors (Lipinski definition) is 3. The van der Waals surface area contributed by atoms with Crippen molar-refractivity contribution in [1.82, 2.24) is 14.8 Å². The highest BCUT2D eigenvalue weighted by Crippen LogP contribution is 2.20. The zero-order valence-corrected chi connectivity index (χ0v) is 15.8. The molecule has 0 saturated carbocycles. The summed E-state index contributed by atoms with van der Waals surface area (Å²) in [4.78, 5) is 32.0. The minimum atomic E-state index is -0.0522. The van der Waals surface area contributed by atoms with Crippen molar-refractivity contribution in [1.29, 1.82) is 0 Å². The van der Waals surface area contributed by atoms with E-state index in [0.717, 1.165) is 17.5 Å². The second-order valence-corrected chi connectivity index (χ2v) is 6.47. The summed E-state index contributed by atoms with van der Waals surface area (Å²) in [5.41, 5.74) is 2.23. The lowest BCUT2D eigenvalue weighted by atomic mass is 10.1. The van der Waals surface area contributed by atoms with Crippen LogP contribution in [-0.2, 0) is 16.0 Å². The van der Waals surface area contributed by atoms with Crippen LogP contribution in [0.5, 0.6) is 0 Å². The van der Waals surface area contributed by atoms with Crippen molar-refractivity contribution in [3.05, 3.63) is 66.0 Å². The molecule has 0 fully saturated rings. The first kappa shape index (κ1) is 19.6. The first-order chi connectivity index (χ1) is 12.5. The molecule has 0 aliphatic rings. The molecule has 5 nitrogen and oxygen atoms in total. The summed E-state index contributed by atoms with van der Waals surface area (Å²) in [7, 11) is 1.81. The molecule has 138 valence electrons. The van der Waals surface area contributed by atoms with E-state index in [4.69, 9.17) is 0 Å². The molecular formula is C21H27N3O2. The van der Waals surface area contributed by atoms with Crippen LogP contribution in [0.15, 0.2) is 54.9 Å². The van der Waals surface area contributed by atoms with Crippen molar-refractivity contribution in [3.63, 3.8) is 0 Å². The smallest absolute Gasteiger partial charge is 0.224 e. The monoisotopic (exact) mass is 353 g/mol. The average molecular weight is 353 g/mol. The molecule has 5 heteroatoms. The van der Waals surface area contributed by atoms with Crippen molar-refractivity contribution in [2.24, 2.45) is 0 Å². The number of carbonyl (C=O) groups is 2. The molecule has 0 N–H and O–H groups in total. The number of carbonyl (C=O) groups excluding carboxylic acids is 2. The molecule has 0 saturated heterocycles. The number of rotatable bonds is 8. The number of pyridine rings is 1. The van der Waals surface area contributed by atoms with Crippen LogP contribution in [0, 0.1) is 0 Å². The van der Waals surface area contributed by atoms with Gasteiger partial charge in [-0.3, -0.25) is 14.6 Å². The maximum absolute atomic E-state index is 12.4. The van der Waals surface area contributed by atoms with Gasteiger partial charge in [0.25, 0.3) is 0 Å². The van der Waals surface area contributed by atoms with Gasteiger partial charge in [-0.25, -0.2) is 0 Å². The Kier molecular flexibility index (Phi) is 7.33. The Morgan fingerprint density at radius 1 is 1.04 bits per heavy atom. The quantitative estimate of drug-likeness (QED) is 0.733. The fourth-order valence-corrected chi connectivity index (χ4v) is 2.91. The van der Waals surface area contributed by atoms with Gasteiger partial charge in [0.05, 0.1) is 6.04 Å². The fraction of sp³-hybridized carbons (Fsp3) is 0.381. The van der Waals surface area contributed by atoms with Crippen LogP contribution in [0.25, 0.3) is 0 Å². The lowest BCUT2D eigenvalue weighted by Gasteiger charge is -2.29. The van der Waals surface area contributed by atoms with Crippen molar-refractivity contribution >= 4 is 11.8 Å². The maximum Gasteiger partial charge on any atom is 0.224 e. The summed E-state index contributed by atoms with van der Waals surface area (Å²) < 4.78 is 0. The van der Waals surface area contributed by atoms with Crippen LogP contribution in [0.4, 0.5) is 0 Å². The van der Waals surface area contributed by atoms with Crippen molar-refractivity contribution in [3.8, 4) is 0 Å². The number of benzene rings is 1. The molecule has 2 rings (SSSR count). The Hall–Kier alpha value is -2.69. The van der Waals surface area contributed by atoms with Crippen LogP contribution >= 0.6 is 0 Å². The molecule has 0 aliphatic heterocycles. The minimum absolute atomic E-state index is 0.0198. The van der Waals surface area contributed by atoms with Gasteiger partial charge in [-0.05, 0) is 36.6 Å². The highest BCUT2D eigenvalue weighted by atomic mass is 16.2. The first-order valence-electron chi connectivity index (χ1n) is 8.94. The van der Waals surface area contributed by atoms with E-state index in [-0.39, 0.29) is 17.9 Å². The molecule has 0 bridgehead atoms. The summed E-state index contributed by atoms with van der Waals surface area (Å²) >= 11 is 0. The summed E-state index contributed by atoms with van der Waals surface area (Å²) in [6.07, 6.45) is 4.63. The van der Waals surface area contributed by atoms with E-state index < -0.39 is 0 Å². The molecule has 0 radical (unpaired) electrons. The molecule has 1 unspecified atom stereocenters.